The van der Waals surface area contributed by atoms with Crippen LogP contribution in [0.25, 0.3) is 0 Å². The van der Waals surface area contributed by atoms with Crippen LogP contribution in [0.15, 0.2) is 12.4 Å². The van der Waals surface area contributed by atoms with Crippen molar-refractivity contribution in [2.45, 2.75) is 19.8 Å². The summed E-state index contributed by atoms with van der Waals surface area (Å²) in [4.78, 5) is 22.1. The van der Waals surface area contributed by atoms with Crippen LogP contribution in [0.5, 0.6) is 0 Å². The van der Waals surface area contributed by atoms with Crippen LogP contribution in [0.4, 0.5) is 0 Å². The van der Waals surface area contributed by atoms with Gasteiger partial charge in [-0.05, 0) is 32.2 Å². The molecular weight excluding hydrogens is 216 g/mol. The van der Waals surface area contributed by atoms with Crippen LogP contribution in [0.2, 0.25) is 0 Å². The number of hydrogen-bond acceptors (Lipinski definition) is 4. The van der Waals surface area contributed by atoms with Crippen molar-refractivity contribution in [2.24, 2.45) is 11.7 Å². The van der Waals surface area contributed by atoms with Crippen LogP contribution >= 0.6 is 0 Å². The molecule has 5 nitrogen and oxygen atoms in total. The molecule has 1 aromatic heterocycles. The number of carbonyl (C=O) groups excluding carboxylic acids is 1. The van der Waals surface area contributed by atoms with Gasteiger partial charge in [0.05, 0.1) is 11.9 Å². The Balaban J connectivity index is 1.99. The number of hydrogen-bond donors (Lipinski definition) is 1. The summed E-state index contributed by atoms with van der Waals surface area (Å²) in [5.74, 6) is 0.538. The van der Waals surface area contributed by atoms with Gasteiger partial charge < -0.3 is 10.6 Å². The summed E-state index contributed by atoms with van der Waals surface area (Å²) < 4.78 is 0. The lowest BCUT2D eigenvalue weighted by molar-refractivity contribution is 0.0687. The van der Waals surface area contributed by atoms with Crippen molar-refractivity contribution >= 4 is 5.91 Å². The summed E-state index contributed by atoms with van der Waals surface area (Å²) in [7, 11) is 0. The zero-order valence-electron chi connectivity index (χ0n) is 10.1. The highest BCUT2D eigenvalue weighted by molar-refractivity contribution is 5.92. The summed E-state index contributed by atoms with van der Waals surface area (Å²) in [6.07, 6.45) is 5.15. The van der Waals surface area contributed by atoms with Crippen molar-refractivity contribution in [3.63, 3.8) is 0 Å². The third-order valence-electron chi connectivity index (χ3n) is 3.24. The minimum absolute atomic E-state index is 0.0204. The highest BCUT2D eigenvalue weighted by Gasteiger charge is 2.23. The van der Waals surface area contributed by atoms with Crippen LogP contribution in [-0.4, -0.2) is 40.4 Å². The Bertz CT molecular complexity index is 382. The second-order valence-electron chi connectivity index (χ2n) is 4.51. The predicted molar refractivity (Wildman–Crippen MR) is 64.5 cm³/mol. The highest BCUT2D eigenvalue weighted by atomic mass is 16.2. The molecule has 0 aliphatic carbocycles. The van der Waals surface area contributed by atoms with Crippen LogP contribution < -0.4 is 5.73 Å². The van der Waals surface area contributed by atoms with Gasteiger partial charge in [-0.2, -0.15) is 0 Å². The van der Waals surface area contributed by atoms with E-state index in [1.165, 1.54) is 0 Å². The first-order valence-electron chi connectivity index (χ1n) is 5.98. The molecule has 1 aromatic rings. The molecule has 1 amide bonds. The van der Waals surface area contributed by atoms with E-state index in [2.05, 4.69) is 9.97 Å². The SMILES string of the molecule is Cc1cnc(C(=O)N2CCC(CN)CC2)cn1. The topological polar surface area (TPSA) is 72.1 Å². The molecule has 0 aromatic carbocycles. The van der Waals surface area contributed by atoms with E-state index in [1.54, 1.807) is 12.4 Å². The van der Waals surface area contributed by atoms with Crippen molar-refractivity contribution in [3.05, 3.63) is 23.8 Å². The van der Waals surface area contributed by atoms with E-state index >= 15 is 0 Å². The van der Waals surface area contributed by atoms with E-state index in [4.69, 9.17) is 5.73 Å². The number of nitrogens with zero attached hydrogens (tertiary/aromatic N) is 3. The molecule has 0 atom stereocenters. The molecule has 1 aliphatic rings. The minimum Gasteiger partial charge on any atom is -0.337 e. The second-order valence-corrected chi connectivity index (χ2v) is 4.51. The molecule has 1 aliphatic heterocycles. The normalized spacial score (nSPS) is 17.2. The third kappa shape index (κ3) is 2.79. The lowest BCUT2D eigenvalue weighted by atomic mass is 9.97. The Morgan fingerprint density at radius 2 is 2.12 bits per heavy atom. The Morgan fingerprint density at radius 3 is 2.65 bits per heavy atom. The molecule has 5 heteroatoms. The van der Waals surface area contributed by atoms with Crippen molar-refractivity contribution in [2.75, 3.05) is 19.6 Å². The summed E-state index contributed by atoms with van der Waals surface area (Å²) >= 11 is 0. The van der Waals surface area contributed by atoms with Crippen molar-refractivity contribution in [3.8, 4) is 0 Å². The maximum atomic E-state index is 12.1. The molecule has 0 unspecified atom stereocenters. The molecule has 2 heterocycles. The Kier molecular flexibility index (Phi) is 3.68. The van der Waals surface area contributed by atoms with E-state index in [0.717, 1.165) is 31.6 Å². The highest BCUT2D eigenvalue weighted by Crippen LogP contribution is 2.17. The molecule has 2 rings (SSSR count). The van der Waals surface area contributed by atoms with Crippen LogP contribution in [0.3, 0.4) is 0 Å². The maximum Gasteiger partial charge on any atom is 0.274 e. The molecule has 17 heavy (non-hydrogen) atoms. The molecule has 92 valence electrons. The van der Waals surface area contributed by atoms with Gasteiger partial charge in [0, 0.05) is 19.3 Å². The molecule has 0 bridgehead atoms. The summed E-state index contributed by atoms with van der Waals surface area (Å²) in [6.45, 7) is 4.12. The van der Waals surface area contributed by atoms with Crippen molar-refractivity contribution in [1.29, 1.82) is 0 Å². The fourth-order valence-corrected chi connectivity index (χ4v) is 2.04. The van der Waals surface area contributed by atoms with E-state index < -0.39 is 0 Å². The van der Waals surface area contributed by atoms with Crippen LogP contribution in [0, 0.1) is 12.8 Å². The first-order chi connectivity index (χ1) is 8.20. The molecule has 0 spiro atoms. The van der Waals surface area contributed by atoms with Gasteiger partial charge in [0.15, 0.2) is 0 Å². The number of aromatic nitrogens is 2. The average molecular weight is 234 g/mol. The summed E-state index contributed by atoms with van der Waals surface area (Å²) in [5.41, 5.74) is 6.88. The number of amides is 1. The van der Waals surface area contributed by atoms with E-state index in [0.29, 0.717) is 18.2 Å². The van der Waals surface area contributed by atoms with E-state index in [-0.39, 0.29) is 5.91 Å². The van der Waals surface area contributed by atoms with Gasteiger partial charge in [-0.3, -0.25) is 9.78 Å². The quantitative estimate of drug-likeness (QED) is 0.813. The van der Waals surface area contributed by atoms with Gasteiger partial charge in [0.1, 0.15) is 5.69 Å². The summed E-state index contributed by atoms with van der Waals surface area (Å²) in [5, 5.41) is 0. The largest absolute Gasteiger partial charge is 0.337 e. The van der Waals surface area contributed by atoms with Gasteiger partial charge in [-0.1, -0.05) is 0 Å². The lowest BCUT2D eigenvalue weighted by Gasteiger charge is -2.31. The fraction of sp³-hybridized carbons (Fsp3) is 0.583. The lowest BCUT2D eigenvalue weighted by Crippen LogP contribution is -2.40. The van der Waals surface area contributed by atoms with Gasteiger partial charge in [0.2, 0.25) is 0 Å². The third-order valence-corrected chi connectivity index (χ3v) is 3.24. The Morgan fingerprint density at radius 1 is 1.41 bits per heavy atom. The summed E-state index contributed by atoms with van der Waals surface area (Å²) in [6, 6.07) is 0. The second kappa shape index (κ2) is 5.23. The number of likely N-dealkylation sites (tertiary alicyclic amines) is 1. The molecule has 0 saturated carbocycles. The smallest absolute Gasteiger partial charge is 0.274 e. The zero-order valence-corrected chi connectivity index (χ0v) is 10.1. The fourth-order valence-electron chi connectivity index (χ4n) is 2.04. The van der Waals surface area contributed by atoms with Gasteiger partial charge in [0.25, 0.3) is 5.91 Å². The molecule has 1 fully saturated rings. The number of rotatable bonds is 2. The van der Waals surface area contributed by atoms with Gasteiger partial charge in [-0.15, -0.1) is 0 Å². The van der Waals surface area contributed by atoms with E-state index in [1.807, 2.05) is 11.8 Å². The van der Waals surface area contributed by atoms with Gasteiger partial charge >= 0.3 is 0 Å². The van der Waals surface area contributed by atoms with Crippen LogP contribution in [-0.2, 0) is 0 Å². The monoisotopic (exact) mass is 234 g/mol. The minimum atomic E-state index is -0.0204. The van der Waals surface area contributed by atoms with Crippen molar-refractivity contribution < 1.29 is 4.79 Å². The maximum absolute atomic E-state index is 12.1. The van der Waals surface area contributed by atoms with E-state index in [9.17, 15) is 4.79 Å². The average Bonchev–Trinajstić information content (AvgIpc) is 2.39. The number of nitrogens with two attached hydrogens (primary N) is 1. The number of piperidine rings is 1. The Hall–Kier alpha value is -1.49. The number of carbonyl (C=O) groups is 1. The molecular formula is C12H18N4O. The standard InChI is InChI=1S/C12H18N4O/c1-9-7-15-11(8-14-9)12(17)16-4-2-10(6-13)3-5-16/h7-8,10H,2-6,13H2,1H3. The molecule has 1 saturated heterocycles. The predicted octanol–water partition coefficient (Wildman–Crippen LogP) is 0.596. The first-order valence-corrected chi connectivity index (χ1v) is 5.98. The first kappa shape index (κ1) is 12.0. The van der Waals surface area contributed by atoms with Crippen molar-refractivity contribution in [1.82, 2.24) is 14.9 Å². The number of aryl methyl sites for hydroxylation is 1. The molecule has 0 radical (unpaired) electrons. The Labute approximate surface area is 101 Å². The van der Waals surface area contributed by atoms with Gasteiger partial charge in [-0.25, -0.2) is 4.98 Å². The van der Waals surface area contributed by atoms with Crippen LogP contribution in [0.1, 0.15) is 29.0 Å². The zero-order chi connectivity index (χ0) is 12.3. The molecule has 2 N–H and O–H groups in total.